The average Bonchev–Trinajstić information content (AvgIpc) is 2.60. The standard InChI is InChI=1S/C21H34O5/c1-2-3-4-9-13-18(22)14-10-7-5-6-8-11-15-19(23)20(24)16-12-17-21(25)26/h5-8,10-11,14-15,18-20,22-24H,2-4,9,12-13,16-17H2,1H3,(H,25,26). The van der Waals surface area contributed by atoms with Gasteiger partial charge in [-0.25, -0.2) is 0 Å². The third kappa shape index (κ3) is 15.8. The number of aliphatic hydroxyl groups excluding tert-OH is 3. The van der Waals surface area contributed by atoms with Crippen LogP contribution in [0.5, 0.6) is 0 Å². The molecule has 148 valence electrons. The fourth-order valence-corrected chi connectivity index (χ4v) is 2.26. The Hall–Kier alpha value is -1.69. The molecule has 0 aliphatic carbocycles. The van der Waals surface area contributed by atoms with Gasteiger partial charge in [0.2, 0.25) is 0 Å². The van der Waals surface area contributed by atoms with E-state index in [2.05, 4.69) is 6.92 Å². The van der Waals surface area contributed by atoms with E-state index in [1.165, 1.54) is 18.9 Å². The van der Waals surface area contributed by atoms with Crippen LogP contribution in [0.25, 0.3) is 0 Å². The number of hydrogen-bond donors (Lipinski definition) is 4. The van der Waals surface area contributed by atoms with Gasteiger partial charge >= 0.3 is 5.97 Å². The molecule has 0 saturated carbocycles. The smallest absolute Gasteiger partial charge is 0.303 e. The number of aliphatic hydroxyl groups is 3. The van der Waals surface area contributed by atoms with Gasteiger partial charge in [0.05, 0.1) is 18.3 Å². The number of carboxylic acids is 1. The van der Waals surface area contributed by atoms with Gasteiger partial charge in [-0.05, 0) is 19.3 Å². The van der Waals surface area contributed by atoms with Gasteiger partial charge < -0.3 is 20.4 Å². The van der Waals surface area contributed by atoms with Crippen LogP contribution in [-0.2, 0) is 4.79 Å². The molecule has 0 aromatic rings. The molecule has 0 saturated heterocycles. The number of rotatable bonds is 15. The first-order valence-electron chi connectivity index (χ1n) is 9.41. The maximum atomic E-state index is 10.4. The van der Waals surface area contributed by atoms with E-state index in [0.29, 0.717) is 6.42 Å². The van der Waals surface area contributed by atoms with Crippen molar-refractivity contribution < 1.29 is 25.2 Å². The molecular weight excluding hydrogens is 332 g/mol. The number of carbonyl (C=O) groups is 1. The largest absolute Gasteiger partial charge is 0.481 e. The summed E-state index contributed by atoms with van der Waals surface area (Å²) in [5, 5.41) is 37.7. The summed E-state index contributed by atoms with van der Waals surface area (Å²) in [7, 11) is 0. The van der Waals surface area contributed by atoms with Crippen LogP contribution < -0.4 is 0 Å². The quantitative estimate of drug-likeness (QED) is 0.263. The highest BCUT2D eigenvalue weighted by atomic mass is 16.4. The van der Waals surface area contributed by atoms with Crippen molar-refractivity contribution in [1.82, 2.24) is 0 Å². The van der Waals surface area contributed by atoms with Crippen LogP contribution in [0.4, 0.5) is 0 Å². The molecule has 3 atom stereocenters. The number of aliphatic carboxylic acids is 1. The monoisotopic (exact) mass is 366 g/mol. The van der Waals surface area contributed by atoms with Crippen LogP contribution in [0.2, 0.25) is 0 Å². The molecule has 0 aliphatic rings. The summed E-state index contributed by atoms with van der Waals surface area (Å²) in [4.78, 5) is 10.4. The summed E-state index contributed by atoms with van der Waals surface area (Å²) >= 11 is 0. The lowest BCUT2D eigenvalue weighted by Gasteiger charge is -2.13. The Balaban J connectivity index is 3.94. The van der Waals surface area contributed by atoms with E-state index in [-0.39, 0.29) is 12.8 Å². The molecule has 5 heteroatoms. The average molecular weight is 366 g/mol. The van der Waals surface area contributed by atoms with Gasteiger partial charge in [0, 0.05) is 6.42 Å². The van der Waals surface area contributed by atoms with Gasteiger partial charge in [0.15, 0.2) is 0 Å². The zero-order valence-electron chi connectivity index (χ0n) is 15.7. The van der Waals surface area contributed by atoms with Crippen LogP contribution in [0.1, 0.15) is 58.3 Å². The van der Waals surface area contributed by atoms with E-state index >= 15 is 0 Å². The van der Waals surface area contributed by atoms with Crippen molar-refractivity contribution in [1.29, 1.82) is 0 Å². The van der Waals surface area contributed by atoms with Gasteiger partial charge in [-0.15, -0.1) is 0 Å². The molecular formula is C21H34O5. The van der Waals surface area contributed by atoms with E-state index in [0.717, 1.165) is 19.3 Å². The van der Waals surface area contributed by atoms with Gasteiger partial charge in [-0.3, -0.25) is 4.79 Å². The number of allylic oxidation sites excluding steroid dienone is 6. The minimum atomic E-state index is -1.01. The van der Waals surface area contributed by atoms with Crippen molar-refractivity contribution in [3.05, 3.63) is 48.6 Å². The van der Waals surface area contributed by atoms with Crippen molar-refractivity contribution in [3.63, 3.8) is 0 Å². The highest BCUT2D eigenvalue weighted by molar-refractivity contribution is 5.66. The van der Waals surface area contributed by atoms with Crippen LogP contribution in [0, 0.1) is 0 Å². The minimum absolute atomic E-state index is 0.0147. The summed E-state index contributed by atoms with van der Waals surface area (Å²) in [5.74, 6) is -0.907. The summed E-state index contributed by atoms with van der Waals surface area (Å²) in [6.45, 7) is 2.16. The Morgan fingerprint density at radius 2 is 1.42 bits per heavy atom. The molecule has 0 amide bonds. The molecule has 0 heterocycles. The Kier molecular flexibility index (Phi) is 15.7. The minimum Gasteiger partial charge on any atom is -0.481 e. The lowest BCUT2D eigenvalue weighted by atomic mass is 10.1. The molecule has 0 fully saturated rings. The SMILES string of the molecule is CCCCCCC(O)C=CC=CC=CC=CC(O)C(O)CCCC(=O)O. The molecule has 26 heavy (non-hydrogen) atoms. The van der Waals surface area contributed by atoms with Gasteiger partial charge in [0.25, 0.3) is 0 Å². The zero-order chi connectivity index (χ0) is 19.6. The van der Waals surface area contributed by atoms with Crippen molar-refractivity contribution in [2.24, 2.45) is 0 Å². The fraction of sp³-hybridized carbons (Fsp3) is 0.571. The van der Waals surface area contributed by atoms with E-state index in [1.807, 2.05) is 6.08 Å². The molecule has 5 nitrogen and oxygen atoms in total. The molecule has 4 N–H and O–H groups in total. The van der Waals surface area contributed by atoms with Crippen LogP contribution in [0.3, 0.4) is 0 Å². The van der Waals surface area contributed by atoms with Crippen molar-refractivity contribution >= 4 is 5.97 Å². The van der Waals surface area contributed by atoms with Crippen molar-refractivity contribution in [3.8, 4) is 0 Å². The first-order valence-corrected chi connectivity index (χ1v) is 9.41. The third-order valence-corrected chi connectivity index (χ3v) is 3.84. The lowest BCUT2D eigenvalue weighted by Crippen LogP contribution is -2.23. The maximum Gasteiger partial charge on any atom is 0.303 e. The predicted molar refractivity (Wildman–Crippen MR) is 105 cm³/mol. The van der Waals surface area contributed by atoms with Crippen LogP contribution in [-0.4, -0.2) is 44.7 Å². The van der Waals surface area contributed by atoms with E-state index in [9.17, 15) is 20.1 Å². The zero-order valence-corrected chi connectivity index (χ0v) is 15.7. The Morgan fingerprint density at radius 3 is 2.04 bits per heavy atom. The van der Waals surface area contributed by atoms with Crippen molar-refractivity contribution in [2.45, 2.75) is 76.6 Å². The molecule has 0 spiro atoms. The van der Waals surface area contributed by atoms with Gasteiger partial charge in [-0.1, -0.05) is 81.2 Å². The normalized spacial score (nSPS) is 16.2. The Bertz CT molecular complexity index is 465. The molecule has 3 unspecified atom stereocenters. The summed E-state index contributed by atoms with van der Waals surface area (Å²) < 4.78 is 0. The first kappa shape index (κ1) is 24.3. The molecule has 0 rings (SSSR count). The second-order valence-corrected chi connectivity index (χ2v) is 6.30. The van der Waals surface area contributed by atoms with Crippen LogP contribution >= 0.6 is 0 Å². The number of carboxylic acid groups (broad SMARTS) is 1. The lowest BCUT2D eigenvalue weighted by molar-refractivity contribution is -0.137. The van der Waals surface area contributed by atoms with Crippen LogP contribution in [0.15, 0.2) is 48.6 Å². The number of hydrogen-bond acceptors (Lipinski definition) is 4. The topological polar surface area (TPSA) is 98.0 Å². The fourth-order valence-electron chi connectivity index (χ4n) is 2.26. The summed E-state index contributed by atoms with van der Waals surface area (Å²) in [6.07, 6.45) is 17.3. The van der Waals surface area contributed by atoms with Gasteiger partial charge in [0.1, 0.15) is 0 Å². The van der Waals surface area contributed by atoms with Gasteiger partial charge in [-0.2, -0.15) is 0 Å². The van der Waals surface area contributed by atoms with Crippen molar-refractivity contribution in [2.75, 3.05) is 0 Å². The second kappa shape index (κ2) is 16.8. The number of unbranched alkanes of at least 4 members (excludes halogenated alkanes) is 3. The predicted octanol–water partition coefficient (Wildman–Crippen LogP) is 3.52. The Labute approximate surface area is 157 Å². The molecule has 0 radical (unpaired) electrons. The molecule has 0 bridgehead atoms. The first-order chi connectivity index (χ1) is 12.5. The van der Waals surface area contributed by atoms with E-state index in [4.69, 9.17) is 5.11 Å². The summed E-state index contributed by atoms with van der Waals surface area (Å²) in [6, 6.07) is 0. The maximum absolute atomic E-state index is 10.4. The highest BCUT2D eigenvalue weighted by Gasteiger charge is 2.12. The highest BCUT2D eigenvalue weighted by Crippen LogP contribution is 2.07. The summed E-state index contributed by atoms with van der Waals surface area (Å²) in [5.41, 5.74) is 0. The second-order valence-electron chi connectivity index (χ2n) is 6.30. The molecule has 0 aliphatic heterocycles. The van der Waals surface area contributed by atoms with E-state index < -0.39 is 24.3 Å². The molecule has 0 aromatic carbocycles. The Morgan fingerprint density at radius 1 is 0.808 bits per heavy atom. The van der Waals surface area contributed by atoms with E-state index in [1.54, 1.807) is 36.5 Å². The molecule has 0 aromatic heterocycles. The third-order valence-electron chi connectivity index (χ3n) is 3.84.